The second-order valence-electron chi connectivity index (χ2n) is 2.02. The van der Waals surface area contributed by atoms with Gasteiger partial charge in [0, 0.05) is 6.07 Å². The summed E-state index contributed by atoms with van der Waals surface area (Å²) in [6, 6.07) is 1.68. The summed E-state index contributed by atoms with van der Waals surface area (Å²) in [6.45, 7) is 0. The van der Waals surface area contributed by atoms with E-state index in [0.717, 1.165) is 0 Å². The van der Waals surface area contributed by atoms with E-state index in [4.69, 9.17) is 5.11 Å². The van der Waals surface area contributed by atoms with Gasteiger partial charge in [0.05, 0.1) is 6.20 Å². The van der Waals surface area contributed by atoms with Crippen LogP contribution in [0.25, 0.3) is 5.88 Å². The smallest absolute Gasteiger partial charge is 0.401 e. The Morgan fingerprint density at radius 3 is 3.10 bits per heavy atom. The van der Waals surface area contributed by atoms with Crippen molar-refractivity contribution in [1.82, 2.24) is 4.68 Å². The van der Waals surface area contributed by atoms with Crippen molar-refractivity contribution in [1.29, 1.82) is 0 Å². The number of aliphatic hydroxyl groups is 1. The van der Waals surface area contributed by atoms with E-state index in [0.29, 0.717) is 0 Å². The minimum absolute atomic E-state index is 0.0324. The summed E-state index contributed by atoms with van der Waals surface area (Å²) in [6.07, 6.45) is 4.36. The van der Waals surface area contributed by atoms with E-state index in [1.807, 2.05) is 0 Å². The zero-order valence-corrected chi connectivity index (χ0v) is 5.06. The summed E-state index contributed by atoms with van der Waals surface area (Å²) >= 11 is 0. The second-order valence-corrected chi connectivity index (χ2v) is 2.02. The Morgan fingerprint density at radius 2 is 2.40 bits per heavy atom. The lowest BCUT2D eigenvalue weighted by Crippen LogP contribution is -2.38. The SMILES string of the molecule is O=C1C=C(O)[n+]2cccn21. The molecule has 1 aromatic rings. The molecule has 0 aromatic carbocycles. The number of allylic oxidation sites excluding steroid dienone is 1. The lowest BCUT2D eigenvalue weighted by molar-refractivity contribution is -0.669. The van der Waals surface area contributed by atoms with Crippen LogP contribution in [0.3, 0.4) is 0 Å². The Kier molecular flexibility index (Phi) is 0.768. The molecule has 0 unspecified atom stereocenters. The van der Waals surface area contributed by atoms with Crippen molar-refractivity contribution >= 4 is 11.8 Å². The van der Waals surface area contributed by atoms with Crippen LogP contribution in [0.15, 0.2) is 24.5 Å². The van der Waals surface area contributed by atoms with Crippen molar-refractivity contribution in [3.05, 3.63) is 24.5 Å². The number of aromatic nitrogens is 2. The lowest BCUT2D eigenvalue weighted by Gasteiger charge is -1.82. The van der Waals surface area contributed by atoms with E-state index in [1.54, 1.807) is 18.5 Å². The molecule has 0 aliphatic carbocycles. The molecule has 1 N–H and O–H groups in total. The molecule has 0 bridgehead atoms. The van der Waals surface area contributed by atoms with Crippen LogP contribution >= 0.6 is 0 Å². The lowest BCUT2D eigenvalue weighted by atomic mass is 10.5. The standard InChI is InChI=1S/C6H4N2O2/c9-5-4-6(10)8-3-1-2-7(5)8/h1-4H/p+1. The molecule has 0 fully saturated rings. The fraction of sp³-hybridized carbons (Fsp3) is 0. The van der Waals surface area contributed by atoms with Crippen LogP contribution < -0.4 is 4.68 Å². The van der Waals surface area contributed by atoms with E-state index >= 15 is 0 Å². The van der Waals surface area contributed by atoms with Gasteiger partial charge in [-0.2, -0.15) is 0 Å². The molecule has 0 radical (unpaired) electrons. The van der Waals surface area contributed by atoms with Crippen molar-refractivity contribution in [2.45, 2.75) is 0 Å². The van der Waals surface area contributed by atoms with Gasteiger partial charge in [0.25, 0.3) is 0 Å². The van der Waals surface area contributed by atoms with Gasteiger partial charge in [0.15, 0.2) is 0 Å². The molecule has 4 nitrogen and oxygen atoms in total. The molecule has 0 saturated carbocycles. The molecule has 0 atom stereocenters. The van der Waals surface area contributed by atoms with Crippen LogP contribution in [-0.2, 0) is 0 Å². The summed E-state index contributed by atoms with van der Waals surface area (Å²) in [4.78, 5) is 10.8. The molecule has 1 aliphatic rings. The summed E-state index contributed by atoms with van der Waals surface area (Å²) < 4.78 is 2.68. The maximum atomic E-state index is 10.8. The number of fused-ring (bicyclic) bond motifs is 1. The highest BCUT2D eigenvalue weighted by Crippen LogP contribution is 1.98. The van der Waals surface area contributed by atoms with Crippen LogP contribution in [0.2, 0.25) is 0 Å². The molecule has 1 aromatic heterocycles. The monoisotopic (exact) mass is 137 g/mol. The van der Waals surface area contributed by atoms with Gasteiger partial charge in [0.2, 0.25) is 6.20 Å². The summed E-state index contributed by atoms with van der Waals surface area (Å²) in [5.74, 6) is -0.252. The first kappa shape index (κ1) is 5.22. The highest BCUT2D eigenvalue weighted by Gasteiger charge is 2.27. The van der Waals surface area contributed by atoms with E-state index in [-0.39, 0.29) is 11.8 Å². The molecule has 2 heterocycles. The predicted octanol–water partition coefficient (Wildman–Crippen LogP) is -0.214. The van der Waals surface area contributed by atoms with Gasteiger partial charge in [-0.15, -0.1) is 0 Å². The average molecular weight is 137 g/mol. The maximum absolute atomic E-state index is 10.8. The predicted molar refractivity (Wildman–Crippen MR) is 32.2 cm³/mol. The minimum atomic E-state index is -0.220. The molecule has 4 heteroatoms. The largest absolute Gasteiger partial charge is 0.458 e. The van der Waals surface area contributed by atoms with Crippen LogP contribution in [0.1, 0.15) is 4.79 Å². The minimum Gasteiger partial charge on any atom is -0.458 e. The Bertz CT molecular complexity index is 324. The number of carbonyl (C=O) groups excluding carboxylic acids is 1. The van der Waals surface area contributed by atoms with Crippen LogP contribution in [0.4, 0.5) is 0 Å². The number of aliphatic hydroxyl groups excluding tert-OH is 1. The zero-order valence-electron chi connectivity index (χ0n) is 5.06. The Labute approximate surface area is 56.6 Å². The van der Waals surface area contributed by atoms with Crippen molar-refractivity contribution < 1.29 is 14.6 Å². The van der Waals surface area contributed by atoms with Crippen molar-refractivity contribution in [3.8, 4) is 0 Å². The number of nitrogens with zero attached hydrogens (tertiary/aromatic N) is 2. The van der Waals surface area contributed by atoms with E-state index in [9.17, 15) is 4.79 Å². The molecule has 2 rings (SSSR count). The van der Waals surface area contributed by atoms with Gasteiger partial charge in [-0.25, -0.2) is 0 Å². The molecule has 10 heavy (non-hydrogen) atoms. The first-order chi connectivity index (χ1) is 4.79. The molecular formula is C6H5N2O2+. The molecule has 0 spiro atoms. The third-order valence-corrected chi connectivity index (χ3v) is 1.40. The van der Waals surface area contributed by atoms with Crippen LogP contribution in [0, 0.1) is 0 Å². The summed E-state index contributed by atoms with van der Waals surface area (Å²) in [5, 5.41) is 9.02. The summed E-state index contributed by atoms with van der Waals surface area (Å²) in [7, 11) is 0. The van der Waals surface area contributed by atoms with Crippen LogP contribution in [0.5, 0.6) is 0 Å². The fourth-order valence-electron chi connectivity index (χ4n) is 0.954. The molecule has 1 aliphatic heterocycles. The highest BCUT2D eigenvalue weighted by atomic mass is 16.3. The molecule has 0 amide bonds. The van der Waals surface area contributed by atoms with Gasteiger partial charge in [-0.3, -0.25) is 4.79 Å². The van der Waals surface area contributed by atoms with Gasteiger partial charge < -0.3 is 5.11 Å². The topological polar surface area (TPSA) is 46.1 Å². The quantitative estimate of drug-likeness (QED) is 0.503. The Hall–Kier alpha value is -1.58. The average Bonchev–Trinajstić information content (AvgIpc) is 2.39. The number of rotatable bonds is 0. The highest BCUT2D eigenvalue weighted by molar-refractivity contribution is 5.93. The first-order valence-corrected chi connectivity index (χ1v) is 2.84. The maximum Gasteiger partial charge on any atom is 0.401 e. The second kappa shape index (κ2) is 1.47. The van der Waals surface area contributed by atoms with Gasteiger partial charge >= 0.3 is 11.8 Å². The zero-order chi connectivity index (χ0) is 7.14. The van der Waals surface area contributed by atoms with Gasteiger partial charge in [-0.1, -0.05) is 4.68 Å². The van der Waals surface area contributed by atoms with E-state index < -0.39 is 0 Å². The fourth-order valence-corrected chi connectivity index (χ4v) is 0.954. The third kappa shape index (κ3) is 0.452. The van der Waals surface area contributed by atoms with Crippen molar-refractivity contribution in [2.75, 3.05) is 0 Å². The van der Waals surface area contributed by atoms with E-state index in [1.165, 1.54) is 15.4 Å². The number of carbonyl (C=O) groups is 1. The normalized spacial score (nSPS) is 15.2. The van der Waals surface area contributed by atoms with Crippen molar-refractivity contribution in [3.63, 3.8) is 0 Å². The van der Waals surface area contributed by atoms with E-state index in [2.05, 4.69) is 0 Å². The van der Waals surface area contributed by atoms with Crippen molar-refractivity contribution in [2.24, 2.45) is 0 Å². The van der Waals surface area contributed by atoms with Gasteiger partial charge in [0.1, 0.15) is 6.08 Å². The van der Waals surface area contributed by atoms with Crippen LogP contribution in [-0.4, -0.2) is 15.7 Å². The molecule has 0 saturated heterocycles. The van der Waals surface area contributed by atoms with Gasteiger partial charge in [-0.05, 0) is 4.68 Å². The Balaban J connectivity index is 2.72. The third-order valence-electron chi connectivity index (χ3n) is 1.40. The number of hydrogen-bond acceptors (Lipinski definition) is 2. The molecular weight excluding hydrogens is 132 g/mol. The molecule has 50 valence electrons. The first-order valence-electron chi connectivity index (χ1n) is 2.84. The Morgan fingerprint density at radius 1 is 1.60 bits per heavy atom. The number of hydrogen-bond donors (Lipinski definition) is 1. The summed E-state index contributed by atoms with van der Waals surface area (Å²) in [5.41, 5.74) is 0.